The first kappa shape index (κ1) is 31.2. The Morgan fingerprint density at radius 1 is 0.844 bits per heavy atom. The Morgan fingerprint density at radius 2 is 1.51 bits per heavy atom. The van der Waals surface area contributed by atoms with Gasteiger partial charge in [-0.25, -0.2) is 9.59 Å². The highest BCUT2D eigenvalue weighted by molar-refractivity contribution is 5.91. The minimum absolute atomic E-state index is 0.0265. The van der Waals surface area contributed by atoms with Crippen LogP contribution in [0.1, 0.15) is 36.8 Å². The molecule has 0 radical (unpaired) electrons. The molecule has 0 unspecified atom stereocenters. The van der Waals surface area contributed by atoms with E-state index < -0.39 is 12.2 Å². The summed E-state index contributed by atoms with van der Waals surface area (Å²) in [6, 6.07) is 15.1. The van der Waals surface area contributed by atoms with Crippen LogP contribution in [0.2, 0.25) is 0 Å². The number of piperidine rings is 2. The standard InChI is InChI=1S/C34H46N6O5/c1-36-15-11-27(12-16-36)37-20-22-38(23-21-37)32(42)31(24-25-6-8-29(41)9-7-25)45-34(44)39-17-13-28(14-18-39)40-19-10-26-4-2-3-5-30(26)35-33(40)43/h2-9,27-28,31,41H,10-24H2,1H3,(H,35,43)/t31-/m1/s1. The molecule has 4 heterocycles. The number of carbonyl (C=O) groups is 3. The van der Waals surface area contributed by atoms with E-state index >= 15 is 0 Å². The Labute approximate surface area is 265 Å². The first-order valence-corrected chi connectivity index (χ1v) is 16.4. The fraction of sp³-hybridized carbons (Fsp3) is 0.559. The van der Waals surface area contributed by atoms with Gasteiger partial charge in [0.15, 0.2) is 6.10 Å². The number of piperazine rings is 1. The Hall–Kier alpha value is -3.83. The lowest BCUT2D eigenvalue weighted by atomic mass is 10.0. The van der Waals surface area contributed by atoms with Crippen LogP contribution >= 0.6 is 0 Å². The number of benzene rings is 2. The Bertz CT molecular complexity index is 1330. The van der Waals surface area contributed by atoms with Gasteiger partial charge in [-0.1, -0.05) is 30.3 Å². The fourth-order valence-electron chi connectivity index (χ4n) is 7.19. The average Bonchev–Trinajstić information content (AvgIpc) is 3.23. The molecule has 4 aliphatic heterocycles. The lowest BCUT2D eigenvalue weighted by Gasteiger charge is -2.42. The number of nitrogens with one attached hydrogen (secondary N) is 1. The maximum absolute atomic E-state index is 13.8. The average molecular weight is 619 g/mol. The van der Waals surface area contributed by atoms with Crippen molar-refractivity contribution in [2.24, 2.45) is 0 Å². The molecule has 2 aromatic carbocycles. The first-order chi connectivity index (χ1) is 21.8. The highest BCUT2D eigenvalue weighted by Crippen LogP contribution is 2.25. The molecule has 11 heteroatoms. The molecule has 242 valence electrons. The van der Waals surface area contributed by atoms with Crippen molar-refractivity contribution in [2.45, 2.75) is 56.7 Å². The molecular formula is C34H46N6O5. The van der Waals surface area contributed by atoms with Gasteiger partial charge >= 0.3 is 12.1 Å². The number of amides is 4. The molecule has 3 fully saturated rings. The number of rotatable bonds is 6. The Balaban J connectivity index is 1.05. The molecule has 4 aliphatic rings. The third-order valence-corrected chi connectivity index (χ3v) is 10.0. The van der Waals surface area contributed by atoms with E-state index in [1.54, 1.807) is 29.2 Å². The van der Waals surface area contributed by atoms with Crippen LogP contribution in [0.15, 0.2) is 48.5 Å². The first-order valence-electron chi connectivity index (χ1n) is 16.4. The monoisotopic (exact) mass is 618 g/mol. The molecule has 0 saturated carbocycles. The summed E-state index contributed by atoms with van der Waals surface area (Å²) < 4.78 is 5.98. The lowest BCUT2D eigenvalue weighted by Crippen LogP contribution is -2.56. The lowest BCUT2D eigenvalue weighted by molar-refractivity contribution is -0.143. The van der Waals surface area contributed by atoms with Crippen molar-refractivity contribution in [3.63, 3.8) is 0 Å². The number of aromatic hydroxyl groups is 1. The quantitative estimate of drug-likeness (QED) is 0.512. The molecule has 0 aliphatic carbocycles. The number of fused-ring (bicyclic) bond motifs is 1. The van der Waals surface area contributed by atoms with Crippen LogP contribution in [-0.2, 0) is 22.4 Å². The maximum Gasteiger partial charge on any atom is 0.410 e. The predicted octanol–water partition coefficient (Wildman–Crippen LogP) is 3.23. The summed E-state index contributed by atoms with van der Waals surface area (Å²) >= 11 is 0. The SMILES string of the molecule is CN1CCC(N2CCN(C(=O)[C@@H](Cc3ccc(O)cc3)OC(=O)N3CCC(N4CCc5ccccc5NC4=O)CC3)CC2)CC1. The highest BCUT2D eigenvalue weighted by Gasteiger charge is 2.36. The predicted molar refractivity (Wildman–Crippen MR) is 171 cm³/mol. The van der Waals surface area contributed by atoms with Gasteiger partial charge in [0.05, 0.1) is 0 Å². The second-order valence-corrected chi connectivity index (χ2v) is 12.9. The summed E-state index contributed by atoms with van der Waals surface area (Å²) in [6.07, 6.45) is 3.17. The van der Waals surface area contributed by atoms with Gasteiger partial charge in [-0.15, -0.1) is 0 Å². The number of phenolic OH excluding ortho intramolecular Hbond substituents is 1. The van der Waals surface area contributed by atoms with E-state index in [2.05, 4.69) is 22.2 Å². The number of phenols is 1. The van der Waals surface area contributed by atoms with Crippen LogP contribution < -0.4 is 5.32 Å². The number of likely N-dealkylation sites (tertiary alicyclic amines) is 2. The van der Waals surface area contributed by atoms with Gasteiger partial charge in [-0.05, 0) is 81.6 Å². The topological polar surface area (TPSA) is 109 Å². The van der Waals surface area contributed by atoms with Gasteiger partial charge in [-0.2, -0.15) is 0 Å². The smallest absolute Gasteiger partial charge is 0.410 e. The molecule has 2 N–H and O–H groups in total. The number of anilines is 1. The van der Waals surface area contributed by atoms with E-state index in [0.717, 1.165) is 62.3 Å². The van der Waals surface area contributed by atoms with Crippen LogP contribution in [0.25, 0.3) is 0 Å². The van der Waals surface area contributed by atoms with Crippen molar-refractivity contribution in [3.8, 4) is 5.75 Å². The molecule has 11 nitrogen and oxygen atoms in total. The molecular weight excluding hydrogens is 572 g/mol. The van der Waals surface area contributed by atoms with Crippen molar-refractivity contribution in [1.29, 1.82) is 0 Å². The number of nitrogens with zero attached hydrogens (tertiary/aromatic N) is 5. The zero-order valence-corrected chi connectivity index (χ0v) is 26.3. The van der Waals surface area contributed by atoms with Crippen LogP contribution in [0.5, 0.6) is 5.75 Å². The Kier molecular flexibility index (Phi) is 9.75. The van der Waals surface area contributed by atoms with Crippen LogP contribution in [0.4, 0.5) is 15.3 Å². The van der Waals surface area contributed by atoms with E-state index in [1.165, 1.54) is 0 Å². The molecule has 0 bridgehead atoms. The van der Waals surface area contributed by atoms with Gasteiger partial charge < -0.3 is 34.8 Å². The van der Waals surface area contributed by atoms with E-state index in [1.807, 2.05) is 34.1 Å². The van der Waals surface area contributed by atoms with E-state index in [0.29, 0.717) is 51.6 Å². The van der Waals surface area contributed by atoms with Gasteiger partial charge in [0.1, 0.15) is 5.75 Å². The second-order valence-electron chi connectivity index (χ2n) is 12.9. The molecule has 3 saturated heterocycles. The molecule has 1 atom stereocenters. The molecule has 45 heavy (non-hydrogen) atoms. The highest BCUT2D eigenvalue weighted by atomic mass is 16.6. The van der Waals surface area contributed by atoms with Crippen LogP contribution in [-0.4, -0.2) is 132 Å². The largest absolute Gasteiger partial charge is 0.508 e. The van der Waals surface area contributed by atoms with E-state index in [9.17, 15) is 19.5 Å². The number of para-hydroxylation sites is 1. The van der Waals surface area contributed by atoms with Crippen molar-refractivity contribution in [1.82, 2.24) is 24.5 Å². The summed E-state index contributed by atoms with van der Waals surface area (Å²) in [6.45, 7) is 6.61. The minimum atomic E-state index is -0.954. The molecule has 0 spiro atoms. The van der Waals surface area contributed by atoms with Gasteiger partial charge in [0.25, 0.3) is 5.91 Å². The summed E-state index contributed by atoms with van der Waals surface area (Å²) in [7, 11) is 2.16. The molecule has 4 amide bonds. The summed E-state index contributed by atoms with van der Waals surface area (Å²) in [4.78, 5) is 50.6. The number of ether oxygens (including phenoxy) is 1. The zero-order chi connectivity index (χ0) is 31.3. The van der Waals surface area contributed by atoms with Crippen LogP contribution in [0, 0.1) is 0 Å². The van der Waals surface area contributed by atoms with Crippen molar-refractivity contribution in [2.75, 3.05) is 71.3 Å². The number of hydrogen-bond acceptors (Lipinski definition) is 7. The van der Waals surface area contributed by atoms with Gasteiger partial charge in [0.2, 0.25) is 0 Å². The van der Waals surface area contributed by atoms with Crippen LogP contribution in [0.3, 0.4) is 0 Å². The Morgan fingerprint density at radius 3 is 2.22 bits per heavy atom. The van der Waals surface area contributed by atoms with E-state index in [4.69, 9.17) is 4.74 Å². The third-order valence-electron chi connectivity index (χ3n) is 10.0. The fourth-order valence-corrected chi connectivity index (χ4v) is 7.19. The maximum atomic E-state index is 13.8. The summed E-state index contributed by atoms with van der Waals surface area (Å²) in [5.74, 6) is -0.0244. The van der Waals surface area contributed by atoms with Crippen molar-refractivity contribution < 1.29 is 24.2 Å². The minimum Gasteiger partial charge on any atom is -0.508 e. The zero-order valence-electron chi connectivity index (χ0n) is 26.3. The number of hydrogen-bond donors (Lipinski definition) is 2. The molecule has 0 aromatic heterocycles. The number of carbonyl (C=O) groups excluding carboxylic acids is 3. The van der Waals surface area contributed by atoms with Gasteiger partial charge in [0, 0.05) is 70.0 Å². The normalized spacial score (nSPS) is 21.5. The van der Waals surface area contributed by atoms with Crippen molar-refractivity contribution in [3.05, 3.63) is 59.7 Å². The molecule has 6 rings (SSSR count). The molecule has 2 aromatic rings. The van der Waals surface area contributed by atoms with Crippen molar-refractivity contribution >= 4 is 23.7 Å². The summed E-state index contributed by atoms with van der Waals surface area (Å²) in [5.41, 5.74) is 2.80. The third kappa shape index (κ3) is 7.53. The van der Waals surface area contributed by atoms with E-state index in [-0.39, 0.29) is 30.2 Å². The summed E-state index contributed by atoms with van der Waals surface area (Å²) in [5, 5.41) is 12.8. The second kappa shape index (κ2) is 14.1. The van der Waals surface area contributed by atoms with Gasteiger partial charge in [-0.3, -0.25) is 9.69 Å². The number of urea groups is 1.